The average Bonchev–Trinajstić information content (AvgIpc) is 1.30. The van der Waals surface area contributed by atoms with Crippen molar-refractivity contribution < 1.29 is 57.9 Å². The van der Waals surface area contributed by atoms with Gasteiger partial charge < -0.3 is 35.5 Å². The molecule has 4 heterocycles. The molecule has 2 saturated heterocycles. The van der Waals surface area contributed by atoms with E-state index < -0.39 is 65.4 Å². The third kappa shape index (κ3) is 34.0. The van der Waals surface area contributed by atoms with E-state index in [-0.39, 0.29) is 44.6 Å². The zero-order valence-corrected chi connectivity index (χ0v) is 68.6. The second-order valence-corrected chi connectivity index (χ2v) is 35.6. The Bertz CT molecular complexity index is 4480. The first-order valence-corrected chi connectivity index (χ1v) is 39.8. The monoisotopic (exact) mass is 1660 g/mol. The normalized spacial score (nSPS) is 14.3. The Labute approximate surface area is 649 Å². The largest absolute Gasteiger partial charge is 0.488 e. The van der Waals surface area contributed by atoms with Crippen LogP contribution in [0.3, 0.4) is 0 Å². The van der Waals surface area contributed by atoms with E-state index >= 15 is 0 Å². The van der Waals surface area contributed by atoms with Crippen LogP contribution < -0.4 is 45.1 Å². The second kappa shape index (κ2) is 41.5. The van der Waals surface area contributed by atoms with Crippen LogP contribution in [-0.2, 0) is 30.1 Å². The third-order valence-corrected chi connectivity index (χ3v) is 20.3. The molecule has 0 aliphatic carbocycles. The SMILES string of the molecule is CC(C)(C)N.CC(C)(C)NS(=O)(=O)c1cc(-c2ccccc2)ccc1F.CC(C)(C)NS(=O)(=O)c1cc(Br)ccc1F.Cc1ccc(O[C@@H]2CCN(c3ccc(-c4ccccc4)cc3S(=O)(=O)NC(C)(C)C)C2)nc1.Cc1ccc(O[C@@H]2CCNC2)nc1.Cl.Fc1ccc(Br)cc1.OB(O)c1ccccc1. The quantitative estimate of drug-likeness (QED) is 0.0499. The number of halogens is 6. The van der Waals surface area contributed by atoms with Gasteiger partial charge in [-0.15, -0.1) is 12.4 Å². The molecule has 9 aromatic rings. The van der Waals surface area contributed by atoms with Gasteiger partial charge in [0.2, 0.25) is 41.8 Å². The lowest BCUT2D eigenvalue weighted by Gasteiger charge is -2.26. The smallest absolute Gasteiger partial charge is 0.473 e. The molecular weight excluding hydrogens is 1570 g/mol. The van der Waals surface area contributed by atoms with Crippen molar-refractivity contribution in [1.82, 2.24) is 29.5 Å². The van der Waals surface area contributed by atoms with Gasteiger partial charge in [-0.3, -0.25) is 0 Å². The molecule has 2 aliphatic rings. The fourth-order valence-electron chi connectivity index (χ4n) is 9.59. The number of aromatic nitrogens is 2. The van der Waals surface area contributed by atoms with Gasteiger partial charge in [-0.2, -0.15) is 0 Å². The molecule has 0 bridgehead atoms. The number of nitrogens with one attached hydrogen (secondary N) is 4. The van der Waals surface area contributed by atoms with Crippen LogP contribution in [0.5, 0.6) is 11.8 Å². The highest BCUT2D eigenvalue weighted by molar-refractivity contribution is 9.10. The van der Waals surface area contributed by atoms with Gasteiger partial charge >= 0.3 is 7.12 Å². The zero-order chi connectivity index (χ0) is 78.1. The summed E-state index contributed by atoms with van der Waals surface area (Å²) in [5.41, 5.74) is 10.2. The third-order valence-electron chi connectivity index (χ3n) is 13.9. The Balaban J connectivity index is 0.000000282. The molecule has 0 amide bonds. The number of hydrogen-bond acceptors (Lipinski definition) is 15. The van der Waals surface area contributed by atoms with Gasteiger partial charge in [-0.25, -0.2) is 62.6 Å². The summed E-state index contributed by atoms with van der Waals surface area (Å²) in [6.45, 7) is 29.0. The molecule has 0 saturated carbocycles. The molecule has 2 aromatic heterocycles. The van der Waals surface area contributed by atoms with Crippen LogP contribution in [0.1, 0.15) is 107 Å². The molecule has 0 spiro atoms. The summed E-state index contributed by atoms with van der Waals surface area (Å²) < 4.78 is 135. The first-order chi connectivity index (χ1) is 48.8. The van der Waals surface area contributed by atoms with Crippen LogP contribution in [-0.4, -0.2) is 113 Å². The van der Waals surface area contributed by atoms with Gasteiger partial charge in [0.05, 0.1) is 12.2 Å². The number of benzene rings is 7. The Hall–Kier alpha value is -7.09. The molecule has 106 heavy (non-hydrogen) atoms. The topological polar surface area (TPSA) is 264 Å². The molecule has 8 N–H and O–H groups in total. The first-order valence-electron chi connectivity index (χ1n) is 33.7. The van der Waals surface area contributed by atoms with Gasteiger partial charge in [0.1, 0.15) is 44.3 Å². The molecule has 0 unspecified atom stereocenters. The fraction of sp³-hybridized carbons (Fsp3) is 0.333. The molecular formula is C78H99BBr2ClF3N8O10S3. The molecule has 18 nitrogen and oxygen atoms in total. The second-order valence-electron chi connectivity index (χ2n) is 28.8. The van der Waals surface area contributed by atoms with Crippen LogP contribution >= 0.6 is 44.3 Å². The summed E-state index contributed by atoms with van der Waals surface area (Å²) >= 11 is 6.29. The van der Waals surface area contributed by atoms with Crippen LogP contribution in [0.4, 0.5) is 18.9 Å². The molecule has 574 valence electrons. The lowest BCUT2D eigenvalue weighted by atomic mass is 9.81. The van der Waals surface area contributed by atoms with Crippen LogP contribution in [0, 0.1) is 31.3 Å². The zero-order valence-electron chi connectivity index (χ0n) is 62.2. The summed E-state index contributed by atoms with van der Waals surface area (Å²) in [5, 5.41) is 20.4. The molecule has 28 heteroatoms. The molecule has 11 rings (SSSR count). The van der Waals surface area contributed by atoms with Crippen molar-refractivity contribution >= 4 is 92.6 Å². The summed E-state index contributed by atoms with van der Waals surface area (Å²) in [4.78, 5) is 10.2. The van der Waals surface area contributed by atoms with E-state index in [4.69, 9.17) is 25.3 Å². The van der Waals surface area contributed by atoms with E-state index in [2.05, 4.69) is 66.2 Å². The van der Waals surface area contributed by atoms with Crippen molar-refractivity contribution in [2.24, 2.45) is 5.73 Å². The lowest BCUT2D eigenvalue weighted by molar-refractivity contribution is 0.214. The summed E-state index contributed by atoms with van der Waals surface area (Å²) in [5.74, 6) is -0.395. The van der Waals surface area contributed by atoms with E-state index in [0.29, 0.717) is 46.3 Å². The van der Waals surface area contributed by atoms with Crippen molar-refractivity contribution in [3.63, 3.8) is 0 Å². The van der Waals surface area contributed by atoms with Crippen LogP contribution in [0.2, 0.25) is 0 Å². The number of nitrogens with two attached hydrogens (primary N) is 1. The summed E-state index contributed by atoms with van der Waals surface area (Å²) in [6, 6.07) is 55.2. The van der Waals surface area contributed by atoms with Gasteiger partial charge in [-0.1, -0.05) is 147 Å². The minimum Gasteiger partial charge on any atom is -0.473 e. The lowest BCUT2D eigenvalue weighted by Crippen LogP contribution is -2.41. The van der Waals surface area contributed by atoms with Gasteiger partial charge in [0.25, 0.3) is 0 Å². The van der Waals surface area contributed by atoms with Crippen molar-refractivity contribution in [2.45, 2.75) is 159 Å². The average molecular weight is 1670 g/mol. The highest BCUT2D eigenvalue weighted by Gasteiger charge is 2.32. The minimum absolute atomic E-state index is 0. The van der Waals surface area contributed by atoms with Crippen molar-refractivity contribution in [3.8, 4) is 34.0 Å². The molecule has 7 aromatic carbocycles. The van der Waals surface area contributed by atoms with Gasteiger partial charge in [0.15, 0.2) is 0 Å². The number of sulfonamides is 3. The number of rotatable bonds is 14. The van der Waals surface area contributed by atoms with Crippen molar-refractivity contribution in [2.75, 3.05) is 31.1 Å². The number of pyridine rings is 2. The Morgan fingerprint density at radius 3 is 1.30 bits per heavy atom. The maximum atomic E-state index is 13.9. The molecule has 0 radical (unpaired) electrons. The Morgan fingerprint density at radius 1 is 0.509 bits per heavy atom. The van der Waals surface area contributed by atoms with E-state index in [9.17, 15) is 38.4 Å². The molecule has 2 aliphatic heterocycles. The summed E-state index contributed by atoms with van der Waals surface area (Å²) in [7, 11) is -12.8. The first kappa shape index (κ1) is 91.3. The van der Waals surface area contributed by atoms with E-state index in [0.717, 1.165) is 70.2 Å². The van der Waals surface area contributed by atoms with Crippen molar-refractivity contribution in [3.05, 3.63) is 244 Å². The Morgan fingerprint density at radius 2 is 0.906 bits per heavy atom. The number of anilines is 1. The highest BCUT2D eigenvalue weighted by atomic mass is 79.9. The highest BCUT2D eigenvalue weighted by Crippen LogP contribution is 2.35. The maximum Gasteiger partial charge on any atom is 0.488 e. The fourth-order valence-corrected chi connectivity index (χ4v) is 15.1. The Kier molecular flexibility index (Phi) is 35.7. The predicted molar refractivity (Wildman–Crippen MR) is 431 cm³/mol. The van der Waals surface area contributed by atoms with E-state index in [1.165, 1.54) is 36.4 Å². The predicted octanol–water partition coefficient (Wildman–Crippen LogP) is 15.3. The number of nitrogens with zero attached hydrogens (tertiary/aromatic N) is 3. The van der Waals surface area contributed by atoms with Gasteiger partial charge in [0, 0.05) is 75.1 Å². The minimum atomic E-state index is -3.90. The number of hydrogen-bond donors (Lipinski definition) is 7. The molecule has 2 fully saturated rings. The number of aryl methyl sites for hydroxylation is 2. The van der Waals surface area contributed by atoms with Crippen LogP contribution in [0.15, 0.2) is 230 Å². The van der Waals surface area contributed by atoms with Crippen molar-refractivity contribution in [1.29, 1.82) is 0 Å². The van der Waals surface area contributed by atoms with E-state index in [1.54, 1.807) is 96.3 Å². The summed E-state index contributed by atoms with van der Waals surface area (Å²) in [6.07, 6.45) is 5.73. The number of ether oxygens (including phenoxy) is 2. The van der Waals surface area contributed by atoms with Crippen LogP contribution in [0.25, 0.3) is 22.3 Å². The van der Waals surface area contributed by atoms with Gasteiger partial charge in [-0.05, 0) is 215 Å². The molecule has 2 atom stereocenters. The standard InChI is InChI=1S/C26H31N3O3S.C16H18FNO2S.C10H13BrFNO2S.C10H14N2O.C6H7BO2.C6H4BrF.C4H11N.ClH/c1-19-10-13-25(27-17-19)32-22-14-15-29(18-22)23-12-11-21(20-8-6-5-7-9-20)16-24(23)33(30,31)28-26(2,3)4;1-16(2,3)18-21(19,20)15-11-13(9-10-14(15)17)12-7-5-4-6-8-12;1-10(2,3)13-16(14,15)9-6-7(11)4-5-8(9)12;1-8-2-3-10(12-6-8)13-9-4-5-11-7-9;8-7(9)6-4-2-1-3-5-6;7-5-1-3-6(8)4-2-5;1-4(2,3)5;/h5-13,16-17,22,28H,14-15,18H2,1-4H3;4-11,18H,1-3H3;4-6,13H,1-3H3;2-3,6,9,11H,4-5,7H2,1H3;1-5,8-9H;1-4H;5H2,1-3H3;1H/t22-;;;9-;;;;/m1..1..../s1. The van der Waals surface area contributed by atoms with E-state index in [1.807, 2.05) is 165 Å². The maximum absolute atomic E-state index is 13.9.